The Hall–Kier alpha value is -0.180. The molecule has 18 heavy (non-hydrogen) atoms. The van der Waals surface area contributed by atoms with Crippen LogP contribution in [0.4, 0.5) is 0 Å². The van der Waals surface area contributed by atoms with E-state index >= 15 is 0 Å². The third-order valence-corrected chi connectivity index (χ3v) is 5.09. The average molecular weight is 278 g/mol. The van der Waals surface area contributed by atoms with Crippen molar-refractivity contribution in [2.75, 3.05) is 20.4 Å². The Labute approximate surface area is 111 Å². The first kappa shape index (κ1) is 17.8. The average Bonchev–Trinajstić information content (AvgIpc) is 2.34. The summed E-state index contributed by atoms with van der Waals surface area (Å²) in [6, 6.07) is 0. The number of carbonyl (C=O) groups is 1. The van der Waals surface area contributed by atoms with Crippen LogP contribution in [0.15, 0.2) is 0 Å². The predicted molar refractivity (Wildman–Crippen MR) is 74.0 cm³/mol. The first-order chi connectivity index (χ1) is 8.31. The summed E-state index contributed by atoms with van der Waals surface area (Å²) in [4.78, 5) is 12.1. The highest BCUT2D eigenvalue weighted by atomic mass is 31.2. The SMILES string of the molecule is CCCCCCC(C)(C)C(=O)CP(=O)(OC)OC. The van der Waals surface area contributed by atoms with Gasteiger partial charge < -0.3 is 9.05 Å². The second kappa shape index (κ2) is 8.08. The quantitative estimate of drug-likeness (QED) is 0.447. The van der Waals surface area contributed by atoms with Gasteiger partial charge in [-0.25, -0.2) is 0 Å². The van der Waals surface area contributed by atoms with Crippen LogP contribution in [0.2, 0.25) is 0 Å². The molecule has 0 saturated heterocycles. The maximum Gasteiger partial charge on any atom is 0.337 e. The number of ketones is 1. The number of Topliss-reactive ketones (excluding diaryl/α,β-unsaturated/α-hetero) is 1. The Balaban J connectivity index is 4.33. The van der Waals surface area contributed by atoms with Gasteiger partial charge in [-0.2, -0.15) is 0 Å². The summed E-state index contributed by atoms with van der Waals surface area (Å²) in [6.45, 7) is 5.96. The van der Waals surface area contributed by atoms with Gasteiger partial charge in [-0.3, -0.25) is 9.36 Å². The molecule has 0 atom stereocenters. The summed E-state index contributed by atoms with van der Waals surface area (Å²) in [5.41, 5.74) is -0.458. The lowest BCUT2D eigenvalue weighted by Crippen LogP contribution is -2.27. The third kappa shape index (κ3) is 6.12. The molecule has 0 aromatic rings. The van der Waals surface area contributed by atoms with Crippen molar-refractivity contribution >= 4 is 13.4 Å². The topological polar surface area (TPSA) is 52.6 Å². The van der Waals surface area contributed by atoms with Gasteiger partial charge in [0.2, 0.25) is 0 Å². The summed E-state index contributed by atoms with van der Waals surface area (Å²) < 4.78 is 21.5. The molecular formula is C13H27O4P. The summed E-state index contributed by atoms with van der Waals surface area (Å²) in [5, 5.41) is 0. The first-order valence-corrected chi connectivity index (χ1v) is 8.28. The minimum absolute atomic E-state index is 0.0500. The molecule has 0 heterocycles. The van der Waals surface area contributed by atoms with Gasteiger partial charge in [-0.15, -0.1) is 0 Å². The number of hydrogen-bond donors (Lipinski definition) is 0. The van der Waals surface area contributed by atoms with E-state index in [0.717, 1.165) is 19.3 Å². The van der Waals surface area contributed by atoms with E-state index in [2.05, 4.69) is 6.92 Å². The smallest absolute Gasteiger partial charge is 0.312 e. The second-order valence-corrected chi connectivity index (χ2v) is 7.52. The molecule has 0 amide bonds. The number of rotatable bonds is 10. The number of carbonyl (C=O) groups excluding carboxylic acids is 1. The molecular weight excluding hydrogens is 251 g/mol. The summed E-state index contributed by atoms with van der Waals surface area (Å²) in [7, 11) is -0.605. The van der Waals surface area contributed by atoms with Crippen LogP contribution in [0.3, 0.4) is 0 Å². The van der Waals surface area contributed by atoms with Gasteiger partial charge in [0.15, 0.2) is 5.78 Å². The lowest BCUT2D eigenvalue weighted by atomic mass is 9.83. The zero-order chi connectivity index (χ0) is 14.2. The van der Waals surface area contributed by atoms with Gasteiger partial charge in [-0.05, 0) is 6.42 Å². The Kier molecular flexibility index (Phi) is 8.00. The van der Waals surface area contributed by atoms with Crippen molar-refractivity contribution in [3.63, 3.8) is 0 Å². The monoisotopic (exact) mass is 278 g/mol. The number of unbranched alkanes of at least 4 members (excludes halogenated alkanes) is 3. The van der Waals surface area contributed by atoms with E-state index < -0.39 is 13.0 Å². The fourth-order valence-corrected chi connectivity index (χ4v) is 2.91. The highest BCUT2D eigenvalue weighted by Gasteiger charge is 2.34. The molecule has 4 nitrogen and oxygen atoms in total. The summed E-state index contributed by atoms with van der Waals surface area (Å²) in [5.74, 6) is -0.0500. The molecule has 0 fully saturated rings. The molecule has 0 saturated carbocycles. The Morgan fingerprint density at radius 2 is 1.67 bits per heavy atom. The van der Waals surface area contributed by atoms with Crippen LogP contribution >= 0.6 is 7.60 Å². The minimum atomic E-state index is -3.23. The summed E-state index contributed by atoms with van der Waals surface area (Å²) in [6.07, 6.45) is 5.21. The van der Waals surface area contributed by atoms with Gasteiger partial charge in [0.05, 0.1) is 0 Å². The first-order valence-electron chi connectivity index (χ1n) is 6.55. The predicted octanol–water partition coefficient (Wildman–Crippen LogP) is 4.04. The molecule has 0 aromatic carbocycles. The zero-order valence-corrected chi connectivity index (χ0v) is 13.2. The molecule has 0 aliphatic carbocycles. The van der Waals surface area contributed by atoms with Crippen molar-refractivity contribution in [1.82, 2.24) is 0 Å². The lowest BCUT2D eigenvalue weighted by Gasteiger charge is -2.24. The van der Waals surface area contributed by atoms with Crippen molar-refractivity contribution in [1.29, 1.82) is 0 Å². The van der Waals surface area contributed by atoms with E-state index in [9.17, 15) is 9.36 Å². The van der Waals surface area contributed by atoms with Crippen molar-refractivity contribution in [3.8, 4) is 0 Å². The Morgan fingerprint density at radius 1 is 1.11 bits per heavy atom. The number of hydrogen-bond acceptors (Lipinski definition) is 4. The van der Waals surface area contributed by atoms with E-state index in [4.69, 9.17) is 9.05 Å². The van der Waals surface area contributed by atoms with Crippen molar-refractivity contribution in [2.24, 2.45) is 5.41 Å². The molecule has 0 radical (unpaired) electrons. The molecule has 0 bridgehead atoms. The van der Waals surface area contributed by atoms with E-state index in [1.807, 2.05) is 13.8 Å². The van der Waals surface area contributed by atoms with E-state index in [1.54, 1.807) is 0 Å². The molecule has 0 aromatic heterocycles. The van der Waals surface area contributed by atoms with Gasteiger partial charge >= 0.3 is 7.60 Å². The van der Waals surface area contributed by atoms with E-state index in [1.165, 1.54) is 27.1 Å². The fourth-order valence-electron chi connectivity index (χ4n) is 1.73. The van der Waals surface area contributed by atoms with Crippen LogP contribution in [0.1, 0.15) is 52.9 Å². The van der Waals surface area contributed by atoms with Crippen LogP contribution in [-0.4, -0.2) is 26.2 Å². The highest BCUT2D eigenvalue weighted by molar-refractivity contribution is 7.54. The van der Waals surface area contributed by atoms with E-state index in [-0.39, 0.29) is 11.9 Å². The van der Waals surface area contributed by atoms with Crippen molar-refractivity contribution < 1.29 is 18.4 Å². The van der Waals surface area contributed by atoms with Gasteiger partial charge in [0.1, 0.15) is 6.16 Å². The van der Waals surface area contributed by atoms with E-state index in [0.29, 0.717) is 0 Å². The van der Waals surface area contributed by atoms with Gasteiger partial charge in [0.25, 0.3) is 0 Å². The molecule has 108 valence electrons. The third-order valence-electron chi connectivity index (χ3n) is 3.30. The molecule has 0 aliphatic heterocycles. The van der Waals surface area contributed by atoms with Gasteiger partial charge in [0, 0.05) is 19.6 Å². The zero-order valence-electron chi connectivity index (χ0n) is 12.3. The Morgan fingerprint density at radius 3 is 2.11 bits per heavy atom. The van der Waals surface area contributed by atoms with Crippen LogP contribution in [-0.2, 0) is 18.4 Å². The second-order valence-electron chi connectivity index (χ2n) is 5.25. The standard InChI is InChI=1S/C13H27O4P/c1-6-7-8-9-10-13(2,3)12(14)11-18(15,16-4)17-5/h6-11H2,1-5H3. The molecule has 0 aliphatic rings. The maximum atomic E-state index is 12.1. The van der Waals surface area contributed by atoms with Gasteiger partial charge in [-0.1, -0.05) is 46.5 Å². The summed E-state index contributed by atoms with van der Waals surface area (Å²) >= 11 is 0. The molecule has 5 heteroatoms. The Bertz CT molecular complexity index is 291. The molecule has 0 N–H and O–H groups in total. The van der Waals surface area contributed by atoms with Crippen LogP contribution in [0, 0.1) is 5.41 Å². The van der Waals surface area contributed by atoms with Crippen molar-refractivity contribution in [2.45, 2.75) is 52.9 Å². The maximum absolute atomic E-state index is 12.1. The van der Waals surface area contributed by atoms with Crippen molar-refractivity contribution in [3.05, 3.63) is 0 Å². The molecule has 0 spiro atoms. The lowest BCUT2D eigenvalue weighted by molar-refractivity contribution is -0.125. The molecule has 0 rings (SSSR count). The minimum Gasteiger partial charge on any atom is -0.312 e. The normalized spacial score (nSPS) is 12.7. The van der Waals surface area contributed by atoms with Crippen LogP contribution in [0.25, 0.3) is 0 Å². The molecule has 0 unspecified atom stereocenters. The highest BCUT2D eigenvalue weighted by Crippen LogP contribution is 2.47. The fraction of sp³-hybridized carbons (Fsp3) is 0.923. The van der Waals surface area contributed by atoms with Crippen LogP contribution in [0.5, 0.6) is 0 Å². The largest absolute Gasteiger partial charge is 0.337 e. The van der Waals surface area contributed by atoms with Crippen LogP contribution < -0.4 is 0 Å².